The van der Waals surface area contributed by atoms with Crippen molar-refractivity contribution in [3.63, 3.8) is 0 Å². The molecule has 5 rings (SSSR count). The number of amides is 1. The molecule has 2 heterocycles. The Morgan fingerprint density at radius 2 is 2.03 bits per heavy atom. The molecule has 0 radical (unpaired) electrons. The highest BCUT2D eigenvalue weighted by atomic mass is 19.4. The Labute approximate surface area is 169 Å². The summed E-state index contributed by atoms with van der Waals surface area (Å²) < 4.78 is 44.2. The number of carbonyl (C=O) groups excluding carboxylic acids is 1. The lowest BCUT2D eigenvalue weighted by molar-refractivity contribution is -0.137. The van der Waals surface area contributed by atoms with E-state index < -0.39 is 17.8 Å². The lowest BCUT2D eigenvalue weighted by atomic mass is 10.1. The number of rotatable bonds is 4. The summed E-state index contributed by atoms with van der Waals surface area (Å²) in [5, 5.41) is 3.46. The van der Waals surface area contributed by atoms with E-state index in [1.165, 1.54) is 6.07 Å². The molecule has 5 nitrogen and oxygen atoms in total. The molecule has 1 aliphatic rings. The van der Waals surface area contributed by atoms with Crippen molar-refractivity contribution in [2.45, 2.75) is 31.5 Å². The largest absolute Gasteiger partial charge is 0.459 e. The number of fused-ring (bicyclic) bond motifs is 2. The molecule has 2 aromatic heterocycles. The van der Waals surface area contributed by atoms with Crippen LogP contribution in [0.3, 0.4) is 0 Å². The number of halogens is 3. The Kier molecular flexibility index (Phi) is 4.13. The smallest absolute Gasteiger partial charge is 0.416 e. The van der Waals surface area contributed by atoms with E-state index >= 15 is 0 Å². The number of alkyl halides is 3. The molecule has 4 aromatic rings. The number of hydrogen-bond acceptors (Lipinski definition) is 3. The minimum absolute atomic E-state index is 0.0367. The van der Waals surface area contributed by atoms with E-state index in [1.54, 1.807) is 13.0 Å². The number of furan rings is 1. The maximum absolute atomic E-state index is 12.9. The maximum atomic E-state index is 12.9. The fourth-order valence-corrected chi connectivity index (χ4v) is 3.77. The Morgan fingerprint density at radius 1 is 1.23 bits per heavy atom. The summed E-state index contributed by atoms with van der Waals surface area (Å²) in [5.41, 5.74) is 1.19. The quantitative estimate of drug-likeness (QED) is 0.476. The molecule has 0 unspecified atom stereocenters. The number of aromatic nitrogens is 2. The van der Waals surface area contributed by atoms with E-state index in [4.69, 9.17) is 4.42 Å². The lowest BCUT2D eigenvalue weighted by Gasteiger charge is -2.11. The summed E-state index contributed by atoms with van der Waals surface area (Å²) in [7, 11) is 0. The fraction of sp³-hybridized carbons (Fsp3) is 0.273. The van der Waals surface area contributed by atoms with Crippen molar-refractivity contribution in [3.05, 3.63) is 65.7 Å². The first-order chi connectivity index (χ1) is 14.3. The van der Waals surface area contributed by atoms with E-state index in [9.17, 15) is 18.0 Å². The van der Waals surface area contributed by atoms with Crippen LogP contribution in [0, 0.1) is 5.92 Å². The van der Waals surface area contributed by atoms with Gasteiger partial charge < -0.3 is 14.7 Å². The molecule has 154 valence electrons. The topological polar surface area (TPSA) is 70.9 Å². The molecule has 8 heteroatoms. The molecule has 1 amide bonds. The van der Waals surface area contributed by atoms with Crippen LogP contribution in [0.15, 0.2) is 52.9 Å². The summed E-state index contributed by atoms with van der Waals surface area (Å²) >= 11 is 0. The molecular formula is C22H18F3N3O2. The molecule has 1 saturated carbocycles. The van der Waals surface area contributed by atoms with Crippen molar-refractivity contribution >= 4 is 27.9 Å². The Bertz CT molecular complexity index is 1220. The monoisotopic (exact) mass is 413 g/mol. The maximum Gasteiger partial charge on any atom is 0.416 e. The molecule has 0 saturated heterocycles. The lowest BCUT2D eigenvalue weighted by Crippen LogP contribution is -2.28. The minimum Gasteiger partial charge on any atom is -0.459 e. The predicted molar refractivity (Wildman–Crippen MR) is 105 cm³/mol. The number of para-hydroxylation sites is 2. The third-order valence-corrected chi connectivity index (χ3v) is 5.54. The molecular weight excluding hydrogens is 395 g/mol. The molecule has 1 fully saturated rings. The summed E-state index contributed by atoms with van der Waals surface area (Å²) in [6, 6.07) is 12.3. The Hall–Kier alpha value is -3.29. The number of nitrogens with one attached hydrogen (secondary N) is 2. The second-order valence-electron chi connectivity index (χ2n) is 7.72. The van der Waals surface area contributed by atoms with E-state index in [0.717, 1.165) is 29.0 Å². The summed E-state index contributed by atoms with van der Waals surface area (Å²) in [5.74, 6) is 0.944. The van der Waals surface area contributed by atoms with Gasteiger partial charge in [0.2, 0.25) is 5.91 Å². The summed E-state index contributed by atoms with van der Waals surface area (Å²) in [6.45, 7) is 1.75. The Morgan fingerprint density at radius 3 is 2.80 bits per heavy atom. The molecule has 3 atom stereocenters. The molecule has 30 heavy (non-hydrogen) atoms. The molecule has 0 spiro atoms. The van der Waals surface area contributed by atoms with Crippen molar-refractivity contribution in [1.29, 1.82) is 0 Å². The number of H-pyrrole nitrogens is 1. The van der Waals surface area contributed by atoms with Crippen LogP contribution < -0.4 is 5.32 Å². The third kappa shape index (κ3) is 3.32. The third-order valence-electron chi connectivity index (χ3n) is 5.54. The van der Waals surface area contributed by atoms with Crippen LogP contribution in [-0.4, -0.2) is 15.9 Å². The minimum atomic E-state index is -4.43. The fourth-order valence-electron chi connectivity index (χ4n) is 3.77. The average molecular weight is 413 g/mol. The number of benzene rings is 2. The second kappa shape index (κ2) is 6.62. The van der Waals surface area contributed by atoms with E-state index in [1.807, 2.05) is 24.3 Å². The van der Waals surface area contributed by atoms with Crippen molar-refractivity contribution < 1.29 is 22.4 Å². The number of nitrogens with zero attached hydrogens (tertiary/aromatic N) is 1. The zero-order valence-electron chi connectivity index (χ0n) is 16.0. The number of carbonyl (C=O) groups is 1. The van der Waals surface area contributed by atoms with Gasteiger partial charge in [0.05, 0.1) is 22.6 Å². The van der Waals surface area contributed by atoms with Crippen LogP contribution in [0.4, 0.5) is 13.2 Å². The van der Waals surface area contributed by atoms with Gasteiger partial charge in [-0.1, -0.05) is 18.2 Å². The number of imidazole rings is 1. The van der Waals surface area contributed by atoms with Gasteiger partial charge in [-0.2, -0.15) is 13.2 Å². The molecule has 0 bridgehead atoms. The van der Waals surface area contributed by atoms with Gasteiger partial charge in [-0.25, -0.2) is 4.98 Å². The van der Waals surface area contributed by atoms with Crippen LogP contribution >= 0.6 is 0 Å². The first-order valence-electron chi connectivity index (χ1n) is 9.65. The molecule has 2 aromatic carbocycles. The van der Waals surface area contributed by atoms with E-state index in [-0.39, 0.29) is 23.3 Å². The van der Waals surface area contributed by atoms with Gasteiger partial charge in [0.25, 0.3) is 0 Å². The average Bonchev–Trinajstić information content (AvgIpc) is 3.20. The standard InChI is InChI=1S/C22H18F3N3O2/c1-11(18-8-12-6-7-13(22(23,24)25)9-19(12)30-18)26-21(29)15-10-14(15)20-27-16-4-2-3-5-17(16)28-20/h2-9,11,14-15H,10H2,1H3,(H,26,29)(H,27,28)/t11-,14+,15+/m1/s1. The molecule has 2 N–H and O–H groups in total. The van der Waals surface area contributed by atoms with Crippen LogP contribution in [-0.2, 0) is 11.0 Å². The van der Waals surface area contributed by atoms with Crippen molar-refractivity contribution in [2.24, 2.45) is 5.92 Å². The van der Waals surface area contributed by atoms with Gasteiger partial charge >= 0.3 is 6.18 Å². The van der Waals surface area contributed by atoms with Gasteiger partial charge in [-0.05, 0) is 43.7 Å². The van der Waals surface area contributed by atoms with Gasteiger partial charge in [-0.3, -0.25) is 4.79 Å². The number of aromatic amines is 1. The van der Waals surface area contributed by atoms with Crippen LogP contribution in [0.25, 0.3) is 22.0 Å². The second-order valence-corrected chi connectivity index (χ2v) is 7.72. The van der Waals surface area contributed by atoms with Crippen molar-refractivity contribution in [3.8, 4) is 0 Å². The van der Waals surface area contributed by atoms with Crippen molar-refractivity contribution in [1.82, 2.24) is 15.3 Å². The zero-order valence-corrected chi connectivity index (χ0v) is 16.0. The summed E-state index contributed by atoms with van der Waals surface area (Å²) in [6.07, 6.45) is -3.73. The van der Waals surface area contributed by atoms with Crippen molar-refractivity contribution in [2.75, 3.05) is 0 Å². The number of hydrogen-bond donors (Lipinski definition) is 2. The zero-order chi connectivity index (χ0) is 21.0. The Balaban J connectivity index is 1.28. The van der Waals surface area contributed by atoms with Gasteiger partial charge in [0, 0.05) is 17.2 Å². The normalized spacial score (nSPS) is 19.9. The first-order valence-corrected chi connectivity index (χ1v) is 9.65. The van der Waals surface area contributed by atoms with Crippen LogP contribution in [0.5, 0.6) is 0 Å². The van der Waals surface area contributed by atoms with E-state index in [2.05, 4.69) is 15.3 Å². The van der Waals surface area contributed by atoms with E-state index in [0.29, 0.717) is 17.6 Å². The SMILES string of the molecule is C[C@@H](NC(=O)[C@H]1C[C@@H]1c1nc2ccccc2[nH]1)c1cc2ccc(C(F)(F)F)cc2o1. The van der Waals surface area contributed by atoms with Crippen LogP contribution in [0.2, 0.25) is 0 Å². The van der Waals surface area contributed by atoms with Gasteiger partial charge in [0.1, 0.15) is 17.2 Å². The van der Waals surface area contributed by atoms with Crippen LogP contribution in [0.1, 0.15) is 42.5 Å². The molecule has 0 aliphatic heterocycles. The highest BCUT2D eigenvalue weighted by molar-refractivity contribution is 5.84. The summed E-state index contributed by atoms with van der Waals surface area (Å²) in [4.78, 5) is 20.5. The highest BCUT2D eigenvalue weighted by Crippen LogP contribution is 2.47. The first kappa shape index (κ1) is 18.7. The van der Waals surface area contributed by atoms with Gasteiger partial charge in [0.15, 0.2) is 0 Å². The highest BCUT2D eigenvalue weighted by Gasteiger charge is 2.46. The van der Waals surface area contributed by atoms with Gasteiger partial charge in [-0.15, -0.1) is 0 Å². The predicted octanol–water partition coefficient (Wildman–Crippen LogP) is 5.31. The molecule has 1 aliphatic carbocycles.